The first-order valence-corrected chi connectivity index (χ1v) is 4.10. The van der Waals surface area contributed by atoms with Crippen LogP contribution in [-0.2, 0) is 0 Å². The van der Waals surface area contributed by atoms with Gasteiger partial charge >= 0.3 is 0 Å². The Morgan fingerprint density at radius 1 is 1.50 bits per heavy atom. The Morgan fingerprint density at radius 3 is 2.60 bits per heavy atom. The number of hydrogen-bond donors (Lipinski definition) is 0. The first-order valence-electron chi connectivity index (χ1n) is 3.31. The molecule has 54 valence electrons. The van der Waals surface area contributed by atoms with Gasteiger partial charge in [0, 0.05) is 16.9 Å². The van der Waals surface area contributed by atoms with Crippen LogP contribution < -0.4 is 0 Å². The number of pyridine rings is 1. The minimum absolute atomic E-state index is 0.567. The molecule has 0 N–H and O–H groups in total. The van der Waals surface area contributed by atoms with Gasteiger partial charge in [0.25, 0.3) is 0 Å². The summed E-state index contributed by atoms with van der Waals surface area (Å²) < 4.78 is 1.10. The smallest absolute Gasteiger partial charge is 0.0413 e. The zero-order valence-electron chi connectivity index (χ0n) is 6.13. The van der Waals surface area contributed by atoms with Gasteiger partial charge in [0.05, 0.1) is 0 Å². The van der Waals surface area contributed by atoms with Gasteiger partial charge in [0.15, 0.2) is 0 Å². The van der Waals surface area contributed by atoms with Gasteiger partial charge < -0.3 is 0 Å². The number of halogens is 1. The fourth-order valence-electron chi connectivity index (χ4n) is 0.854. The summed E-state index contributed by atoms with van der Waals surface area (Å²) in [5.74, 6) is 0.567. The summed E-state index contributed by atoms with van der Waals surface area (Å²) in [5, 5.41) is 0. The molecule has 0 spiro atoms. The molecule has 1 heterocycles. The molecule has 1 aromatic heterocycles. The Balaban J connectivity index is 3.03. The first kappa shape index (κ1) is 7.73. The molecule has 1 nitrogen and oxygen atoms in total. The van der Waals surface area contributed by atoms with E-state index in [0.717, 1.165) is 4.47 Å². The third-order valence-electron chi connectivity index (χ3n) is 1.43. The highest BCUT2D eigenvalue weighted by Gasteiger charge is 2.01. The number of nitrogens with zero attached hydrogens (tertiary/aromatic N) is 1. The van der Waals surface area contributed by atoms with Crippen LogP contribution >= 0.6 is 15.9 Å². The summed E-state index contributed by atoms with van der Waals surface area (Å²) in [6, 6.07) is 2.04. The molecule has 0 amide bonds. The van der Waals surface area contributed by atoms with Gasteiger partial charge in [-0.1, -0.05) is 13.8 Å². The van der Waals surface area contributed by atoms with Crippen molar-refractivity contribution < 1.29 is 0 Å². The van der Waals surface area contributed by atoms with Gasteiger partial charge in [-0.25, -0.2) is 0 Å². The maximum absolute atomic E-state index is 3.98. The second-order valence-electron chi connectivity index (χ2n) is 2.55. The molecule has 1 aromatic rings. The van der Waals surface area contributed by atoms with Crippen LogP contribution in [0, 0.1) is 0 Å². The standard InChI is InChI=1S/C8H10BrN/c1-6(2)7-3-4-10-5-8(7)9/h3-6H,1-2H3. The average molecular weight is 200 g/mol. The molecule has 0 atom stereocenters. The van der Waals surface area contributed by atoms with Gasteiger partial charge in [-0.05, 0) is 33.5 Å². The normalized spacial score (nSPS) is 10.4. The van der Waals surface area contributed by atoms with E-state index in [-0.39, 0.29) is 0 Å². The van der Waals surface area contributed by atoms with Crippen LogP contribution in [0.25, 0.3) is 0 Å². The molecule has 0 aliphatic rings. The van der Waals surface area contributed by atoms with Crippen molar-refractivity contribution in [2.24, 2.45) is 0 Å². The molecular formula is C8H10BrN. The van der Waals surface area contributed by atoms with Crippen molar-refractivity contribution >= 4 is 15.9 Å². The molecule has 0 saturated heterocycles. The number of aromatic nitrogens is 1. The zero-order valence-corrected chi connectivity index (χ0v) is 7.72. The minimum atomic E-state index is 0.567. The van der Waals surface area contributed by atoms with E-state index in [0.29, 0.717) is 5.92 Å². The topological polar surface area (TPSA) is 12.9 Å². The lowest BCUT2D eigenvalue weighted by atomic mass is 10.1. The molecule has 0 saturated carbocycles. The molecule has 10 heavy (non-hydrogen) atoms. The molecule has 0 aromatic carbocycles. The summed E-state index contributed by atoms with van der Waals surface area (Å²) in [7, 11) is 0. The fraction of sp³-hybridized carbons (Fsp3) is 0.375. The number of hydrogen-bond acceptors (Lipinski definition) is 1. The van der Waals surface area contributed by atoms with Crippen molar-refractivity contribution in [3.63, 3.8) is 0 Å². The Kier molecular flexibility index (Phi) is 2.44. The van der Waals surface area contributed by atoms with Crippen LogP contribution in [-0.4, -0.2) is 4.98 Å². The van der Waals surface area contributed by atoms with E-state index in [1.165, 1.54) is 5.56 Å². The fourth-order valence-corrected chi connectivity index (χ4v) is 1.56. The predicted octanol–water partition coefficient (Wildman–Crippen LogP) is 2.97. The molecule has 2 heteroatoms. The summed E-state index contributed by atoms with van der Waals surface area (Å²) in [5.41, 5.74) is 1.31. The highest BCUT2D eigenvalue weighted by atomic mass is 79.9. The highest BCUT2D eigenvalue weighted by molar-refractivity contribution is 9.10. The maximum Gasteiger partial charge on any atom is 0.0413 e. The van der Waals surface area contributed by atoms with E-state index >= 15 is 0 Å². The summed E-state index contributed by atoms with van der Waals surface area (Å²) in [6.07, 6.45) is 3.65. The van der Waals surface area contributed by atoms with Gasteiger partial charge in [-0.3, -0.25) is 4.98 Å². The lowest BCUT2D eigenvalue weighted by molar-refractivity contribution is 0.856. The molecule has 0 aliphatic carbocycles. The van der Waals surface area contributed by atoms with Crippen LogP contribution in [0.15, 0.2) is 22.9 Å². The molecule has 0 radical (unpaired) electrons. The van der Waals surface area contributed by atoms with Crippen molar-refractivity contribution in [2.75, 3.05) is 0 Å². The van der Waals surface area contributed by atoms with Crippen LogP contribution in [0.2, 0.25) is 0 Å². The van der Waals surface area contributed by atoms with Crippen molar-refractivity contribution in [3.05, 3.63) is 28.5 Å². The van der Waals surface area contributed by atoms with E-state index in [9.17, 15) is 0 Å². The Labute approximate surface area is 69.6 Å². The quantitative estimate of drug-likeness (QED) is 0.679. The first-order chi connectivity index (χ1) is 4.72. The van der Waals surface area contributed by atoms with E-state index < -0.39 is 0 Å². The highest BCUT2D eigenvalue weighted by Crippen LogP contribution is 2.22. The predicted molar refractivity (Wildman–Crippen MR) is 46.0 cm³/mol. The molecule has 1 rings (SSSR count). The summed E-state index contributed by atoms with van der Waals surface area (Å²) in [6.45, 7) is 4.33. The van der Waals surface area contributed by atoms with Crippen molar-refractivity contribution in [1.82, 2.24) is 4.98 Å². The Hall–Kier alpha value is -0.370. The molecule has 0 aliphatic heterocycles. The minimum Gasteiger partial charge on any atom is -0.264 e. The molecule has 0 fully saturated rings. The van der Waals surface area contributed by atoms with Crippen molar-refractivity contribution in [3.8, 4) is 0 Å². The largest absolute Gasteiger partial charge is 0.264 e. The number of rotatable bonds is 1. The molecule has 0 bridgehead atoms. The van der Waals surface area contributed by atoms with E-state index in [1.54, 1.807) is 0 Å². The van der Waals surface area contributed by atoms with E-state index in [1.807, 2.05) is 18.5 Å². The molecular weight excluding hydrogens is 190 g/mol. The maximum atomic E-state index is 3.98. The molecule has 0 unspecified atom stereocenters. The van der Waals surface area contributed by atoms with Crippen LogP contribution in [0.5, 0.6) is 0 Å². The van der Waals surface area contributed by atoms with Crippen molar-refractivity contribution in [2.45, 2.75) is 19.8 Å². The second kappa shape index (κ2) is 3.15. The SMILES string of the molecule is CC(C)c1ccncc1Br. The van der Waals surface area contributed by atoms with Crippen LogP contribution in [0.4, 0.5) is 0 Å². The third kappa shape index (κ3) is 1.57. The lowest BCUT2D eigenvalue weighted by Gasteiger charge is -2.05. The summed E-state index contributed by atoms with van der Waals surface area (Å²) in [4.78, 5) is 3.98. The Bertz CT molecular complexity index is 220. The van der Waals surface area contributed by atoms with Gasteiger partial charge in [-0.15, -0.1) is 0 Å². The van der Waals surface area contributed by atoms with Gasteiger partial charge in [0.1, 0.15) is 0 Å². The average Bonchev–Trinajstić information content (AvgIpc) is 1.88. The van der Waals surface area contributed by atoms with Gasteiger partial charge in [0.2, 0.25) is 0 Å². The summed E-state index contributed by atoms with van der Waals surface area (Å²) >= 11 is 3.43. The van der Waals surface area contributed by atoms with Crippen LogP contribution in [0.3, 0.4) is 0 Å². The monoisotopic (exact) mass is 199 g/mol. The van der Waals surface area contributed by atoms with E-state index in [4.69, 9.17) is 0 Å². The van der Waals surface area contributed by atoms with Crippen LogP contribution in [0.1, 0.15) is 25.3 Å². The van der Waals surface area contributed by atoms with E-state index in [2.05, 4.69) is 34.8 Å². The zero-order chi connectivity index (χ0) is 7.56. The lowest BCUT2D eigenvalue weighted by Crippen LogP contribution is -1.88. The van der Waals surface area contributed by atoms with Crippen molar-refractivity contribution in [1.29, 1.82) is 0 Å². The van der Waals surface area contributed by atoms with Gasteiger partial charge in [-0.2, -0.15) is 0 Å². The Morgan fingerprint density at radius 2 is 2.20 bits per heavy atom. The second-order valence-corrected chi connectivity index (χ2v) is 3.41. The third-order valence-corrected chi connectivity index (χ3v) is 2.09.